The van der Waals surface area contributed by atoms with Crippen molar-refractivity contribution in [1.82, 2.24) is 15.5 Å². The van der Waals surface area contributed by atoms with Gasteiger partial charge in [0.15, 0.2) is 0 Å². The maximum absolute atomic E-state index is 11.6. The third kappa shape index (κ3) is 3.30. The molecule has 0 aliphatic heterocycles. The molecule has 0 aliphatic rings. The molecule has 2 N–H and O–H groups in total. The van der Waals surface area contributed by atoms with E-state index in [1.54, 1.807) is 0 Å². The van der Waals surface area contributed by atoms with E-state index in [4.69, 9.17) is 4.42 Å². The molecule has 0 spiro atoms. The van der Waals surface area contributed by atoms with Gasteiger partial charge in [0.1, 0.15) is 0 Å². The summed E-state index contributed by atoms with van der Waals surface area (Å²) in [5.74, 6) is 0.391. The number of aromatic nitrogens is 2. The Morgan fingerprint density at radius 2 is 2.17 bits per heavy atom. The van der Waals surface area contributed by atoms with Gasteiger partial charge < -0.3 is 9.73 Å². The molecule has 96 valence electrons. The Morgan fingerprint density at radius 1 is 1.39 bits per heavy atom. The predicted octanol–water partition coefficient (Wildman–Crippen LogP) is 2.72. The quantitative estimate of drug-likeness (QED) is 0.875. The molecule has 2 aromatic heterocycles. The minimum Gasteiger partial charge on any atom is -0.403 e. The molecule has 0 bridgehead atoms. The lowest BCUT2D eigenvalue weighted by Gasteiger charge is -2.19. The zero-order valence-corrected chi connectivity index (χ0v) is 11.2. The van der Waals surface area contributed by atoms with Gasteiger partial charge in [-0.25, -0.2) is 4.79 Å². The second kappa shape index (κ2) is 4.77. The van der Waals surface area contributed by atoms with Gasteiger partial charge in [-0.3, -0.25) is 5.32 Å². The Hall–Kier alpha value is -1.89. The number of carbonyl (C=O) groups is 1. The van der Waals surface area contributed by atoms with E-state index in [0.717, 1.165) is 5.56 Å². The predicted molar refractivity (Wildman–Crippen MR) is 69.5 cm³/mol. The van der Waals surface area contributed by atoms with E-state index in [1.807, 2.05) is 37.6 Å². The lowest BCUT2D eigenvalue weighted by Crippen LogP contribution is -2.43. The van der Waals surface area contributed by atoms with Crippen LogP contribution in [-0.4, -0.2) is 21.8 Å². The first-order valence-electron chi connectivity index (χ1n) is 5.39. The highest BCUT2D eigenvalue weighted by Gasteiger charge is 2.16. The molecular weight excluding hydrogens is 252 g/mol. The topological polar surface area (TPSA) is 80.0 Å². The van der Waals surface area contributed by atoms with Crippen molar-refractivity contribution in [3.63, 3.8) is 0 Å². The van der Waals surface area contributed by atoms with Crippen LogP contribution in [0.25, 0.3) is 11.5 Å². The average Bonchev–Trinajstić information content (AvgIpc) is 2.82. The van der Waals surface area contributed by atoms with Crippen molar-refractivity contribution in [2.75, 3.05) is 5.32 Å². The number of nitrogens with zero attached hydrogens (tertiary/aromatic N) is 2. The Labute approximate surface area is 108 Å². The SMILES string of the molecule is CC(C)(C)NC(=O)Nc1nnc(-c2ccsc2)o1. The molecule has 0 saturated carbocycles. The van der Waals surface area contributed by atoms with Crippen LogP contribution >= 0.6 is 11.3 Å². The zero-order chi connectivity index (χ0) is 13.2. The Bertz CT molecular complexity index is 527. The van der Waals surface area contributed by atoms with Gasteiger partial charge >= 0.3 is 12.0 Å². The molecule has 7 heteroatoms. The molecule has 0 fully saturated rings. The molecule has 2 heterocycles. The normalized spacial score (nSPS) is 11.3. The molecule has 2 amide bonds. The van der Waals surface area contributed by atoms with E-state index in [1.165, 1.54) is 11.3 Å². The average molecular weight is 266 g/mol. The zero-order valence-electron chi connectivity index (χ0n) is 10.4. The number of nitrogens with one attached hydrogen (secondary N) is 2. The van der Waals surface area contributed by atoms with Gasteiger partial charge in [0.05, 0.1) is 0 Å². The van der Waals surface area contributed by atoms with Crippen LogP contribution < -0.4 is 10.6 Å². The molecule has 0 atom stereocenters. The molecule has 2 rings (SSSR count). The van der Waals surface area contributed by atoms with Gasteiger partial charge in [0.25, 0.3) is 5.89 Å². The fourth-order valence-electron chi connectivity index (χ4n) is 1.25. The summed E-state index contributed by atoms with van der Waals surface area (Å²) < 4.78 is 5.33. The van der Waals surface area contributed by atoms with E-state index < -0.39 is 0 Å². The maximum atomic E-state index is 11.6. The molecule has 6 nitrogen and oxygen atoms in total. The van der Waals surface area contributed by atoms with E-state index in [0.29, 0.717) is 5.89 Å². The molecule has 0 aliphatic carbocycles. The largest absolute Gasteiger partial charge is 0.403 e. The number of carbonyl (C=O) groups excluding carboxylic acids is 1. The maximum Gasteiger partial charge on any atom is 0.324 e. The van der Waals surface area contributed by atoms with Gasteiger partial charge in [-0.1, -0.05) is 5.10 Å². The highest BCUT2D eigenvalue weighted by molar-refractivity contribution is 7.08. The summed E-state index contributed by atoms with van der Waals surface area (Å²) in [6.07, 6.45) is 0. The Balaban J connectivity index is 2.01. The summed E-state index contributed by atoms with van der Waals surface area (Å²) in [4.78, 5) is 11.6. The molecule has 0 saturated heterocycles. The first-order valence-corrected chi connectivity index (χ1v) is 6.33. The highest BCUT2D eigenvalue weighted by Crippen LogP contribution is 2.21. The molecule has 0 unspecified atom stereocenters. The minimum absolute atomic E-state index is 0.0814. The summed E-state index contributed by atoms with van der Waals surface area (Å²) in [7, 11) is 0. The first-order chi connectivity index (χ1) is 8.44. The van der Waals surface area contributed by atoms with E-state index >= 15 is 0 Å². The third-order valence-corrected chi connectivity index (χ3v) is 2.59. The van der Waals surface area contributed by atoms with Crippen LogP contribution in [0.2, 0.25) is 0 Å². The molecule has 18 heavy (non-hydrogen) atoms. The lowest BCUT2D eigenvalue weighted by atomic mass is 10.1. The summed E-state index contributed by atoms with van der Waals surface area (Å²) in [5.41, 5.74) is 0.525. The van der Waals surface area contributed by atoms with E-state index in [2.05, 4.69) is 20.8 Å². The number of anilines is 1. The number of thiophene rings is 1. The van der Waals surface area contributed by atoms with Crippen LogP contribution in [-0.2, 0) is 0 Å². The van der Waals surface area contributed by atoms with Crippen LogP contribution in [0.3, 0.4) is 0 Å². The van der Waals surface area contributed by atoms with Crippen molar-refractivity contribution < 1.29 is 9.21 Å². The number of rotatable bonds is 2. The standard InChI is InChI=1S/C11H14N4O2S/c1-11(2,3)13-9(16)12-10-15-14-8(17-10)7-4-5-18-6-7/h4-6H,1-3H3,(H2,12,13,15,16). The van der Waals surface area contributed by atoms with E-state index in [-0.39, 0.29) is 17.6 Å². The van der Waals surface area contributed by atoms with Crippen LogP contribution in [0.5, 0.6) is 0 Å². The smallest absolute Gasteiger partial charge is 0.324 e. The van der Waals surface area contributed by atoms with Gasteiger partial charge in [0, 0.05) is 16.5 Å². The highest BCUT2D eigenvalue weighted by atomic mass is 32.1. The monoisotopic (exact) mass is 266 g/mol. The molecule has 2 aromatic rings. The Kier molecular flexibility index (Phi) is 3.33. The minimum atomic E-state index is -0.372. The number of hydrogen-bond acceptors (Lipinski definition) is 5. The van der Waals surface area contributed by atoms with Crippen LogP contribution in [0.1, 0.15) is 20.8 Å². The fraction of sp³-hybridized carbons (Fsp3) is 0.364. The summed E-state index contributed by atoms with van der Waals surface area (Å²) in [6, 6.07) is 1.58. The molecular formula is C11H14N4O2S. The lowest BCUT2D eigenvalue weighted by molar-refractivity contribution is 0.243. The van der Waals surface area contributed by atoms with Crippen LogP contribution in [0, 0.1) is 0 Å². The Morgan fingerprint density at radius 3 is 2.78 bits per heavy atom. The molecule has 0 aromatic carbocycles. The number of urea groups is 1. The van der Waals surface area contributed by atoms with Gasteiger partial charge in [0.2, 0.25) is 0 Å². The second-order valence-electron chi connectivity index (χ2n) is 4.75. The van der Waals surface area contributed by atoms with Crippen molar-refractivity contribution in [2.24, 2.45) is 0 Å². The van der Waals surface area contributed by atoms with Gasteiger partial charge in [-0.15, -0.1) is 5.10 Å². The summed E-state index contributed by atoms with van der Waals surface area (Å²) in [6.45, 7) is 5.66. The van der Waals surface area contributed by atoms with Crippen LogP contribution in [0.15, 0.2) is 21.2 Å². The fourth-order valence-corrected chi connectivity index (χ4v) is 1.88. The second-order valence-corrected chi connectivity index (χ2v) is 5.53. The number of amides is 2. The summed E-state index contributed by atoms with van der Waals surface area (Å²) >= 11 is 1.54. The molecule has 0 radical (unpaired) electrons. The van der Waals surface area contributed by atoms with Crippen molar-refractivity contribution in [2.45, 2.75) is 26.3 Å². The van der Waals surface area contributed by atoms with Crippen molar-refractivity contribution >= 4 is 23.4 Å². The van der Waals surface area contributed by atoms with Crippen molar-refractivity contribution in [1.29, 1.82) is 0 Å². The van der Waals surface area contributed by atoms with E-state index in [9.17, 15) is 4.79 Å². The van der Waals surface area contributed by atoms with Crippen LogP contribution in [0.4, 0.5) is 10.8 Å². The van der Waals surface area contributed by atoms with Gasteiger partial charge in [-0.05, 0) is 32.2 Å². The third-order valence-electron chi connectivity index (χ3n) is 1.90. The number of hydrogen-bond donors (Lipinski definition) is 2. The summed E-state index contributed by atoms with van der Waals surface area (Å²) in [5, 5.41) is 16.7. The van der Waals surface area contributed by atoms with Crippen molar-refractivity contribution in [3.05, 3.63) is 16.8 Å². The first kappa shape index (κ1) is 12.6. The van der Waals surface area contributed by atoms with Gasteiger partial charge in [-0.2, -0.15) is 11.3 Å². The van der Waals surface area contributed by atoms with Crippen molar-refractivity contribution in [3.8, 4) is 11.5 Å².